The van der Waals surface area contributed by atoms with Gasteiger partial charge in [-0.05, 0) is 25.1 Å². The number of carbonyl (C=O) groups excluding carboxylic acids is 2. The number of carbonyl (C=O) groups is 2. The third-order valence-electron chi connectivity index (χ3n) is 1.90. The number of phenolic OH excluding ortho intramolecular Hbond substituents is 1. The number of phenols is 1. The number of hydrogen-bond acceptors (Lipinski definition) is 4. The molecule has 1 rings (SSSR count). The van der Waals surface area contributed by atoms with Crippen LogP contribution in [0.15, 0.2) is 18.2 Å². The number of anilines is 1. The normalized spacial score (nSPS) is 9.76. The Hall–Kier alpha value is -1.75. The Labute approximate surface area is 103 Å². The molecule has 1 aromatic rings. The Balaban J connectivity index is 2.93. The van der Waals surface area contributed by atoms with Crippen LogP contribution in [0.4, 0.5) is 5.69 Å². The van der Waals surface area contributed by atoms with Gasteiger partial charge in [-0.15, -0.1) is 11.6 Å². The van der Waals surface area contributed by atoms with Gasteiger partial charge in [0.1, 0.15) is 11.6 Å². The summed E-state index contributed by atoms with van der Waals surface area (Å²) >= 11 is 5.32. The summed E-state index contributed by atoms with van der Waals surface area (Å²) in [4.78, 5) is 22.5. The van der Waals surface area contributed by atoms with E-state index in [1.165, 1.54) is 18.2 Å². The lowest BCUT2D eigenvalue weighted by molar-refractivity contribution is -0.113. The minimum atomic E-state index is -0.520. The predicted octanol–water partition coefficient (Wildman–Crippen LogP) is 1.75. The van der Waals surface area contributed by atoms with Crippen molar-refractivity contribution in [1.29, 1.82) is 0 Å². The van der Waals surface area contributed by atoms with E-state index in [-0.39, 0.29) is 29.5 Å². The Bertz CT molecular complexity index is 433. The zero-order valence-electron chi connectivity index (χ0n) is 9.20. The second-order valence-electron chi connectivity index (χ2n) is 3.13. The zero-order chi connectivity index (χ0) is 12.8. The van der Waals surface area contributed by atoms with Crippen molar-refractivity contribution in [3.05, 3.63) is 23.8 Å². The average molecular weight is 258 g/mol. The summed E-state index contributed by atoms with van der Waals surface area (Å²) in [5, 5.41) is 11.8. The van der Waals surface area contributed by atoms with E-state index in [2.05, 4.69) is 5.32 Å². The lowest BCUT2D eigenvalue weighted by Gasteiger charge is -2.08. The molecule has 0 aliphatic rings. The lowest BCUT2D eigenvalue weighted by atomic mass is 10.2. The fraction of sp³-hybridized carbons (Fsp3) is 0.273. The number of nitrogens with one attached hydrogen (secondary N) is 1. The summed E-state index contributed by atoms with van der Waals surface area (Å²) in [5.74, 6) is -1.36. The lowest BCUT2D eigenvalue weighted by Crippen LogP contribution is -2.13. The number of esters is 1. The van der Waals surface area contributed by atoms with Crippen LogP contribution >= 0.6 is 11.6 Å². The van der Waals surface area contributed by atoms with Gasteiger partial charge in [0.25, 0.3) is 0 Å². The number of hydrogen-bond donors (Lipinski definition) is 2. The highest BCUT2D eigenvalue weighted by atomic mass is 35.5. The van der Waals surface area contributed by atoms with Gasteiger partial charge in [-0.3, -0.25) is 4.79 Å². The maximum atomic E-state index is 11.4. The summed E-state index contributed by atoms with van der Waals surface area (Å²) in [6, 6.07) is 4.04. The number of amides is 1. The first-order valence-corrected chi connectivity index (χ1v) is 5.48. The van der Waals surface area contributed by atoms with Crippen molar-refractivity contribution >= 4 is 29.2 Å². The first kappa shape index (κ1) is 13.3. The number of halogens is 1. The molecule has 0 saturated heterocycles. The molecule has 0 aromatic heterocycles. The Morgan fingerprint density at radius 2 is 2.18 bits per heavy atom. The van der Waals surface area contributed by atoms with Gasteiger partial charge in [-0.25, -0.2) is 4.79 Å². The molecule has 5 nitrogen and oxygen atoms in total. The minimum absolute atomic E-state index is 0.126. The molecule has 0 fully saturated rings. The summed E-state index contributed by atoms with van der Waals surface area (Å²) in [7, 11) is 0. The Morgan fingerprint density at radius 3 is 2.76 bits per heavy atom. The molecule has 0 unspecified atom stereocenters. The third kappa shape index (κ3) is 3.64. The molecule has 0 saturated carbocycles. The molecule has 17 heavy (non-hydrogen) atoms. The van der Waals surface area contributed by atoms with E-state index in [9.17, 15) is 14.7 Å². The van der Waals surface area contributed by atoms with Crippen molar-refractivity contribution in [3.8, 4) is 5.75 Å². The second kappa shape index (κ2) is 6.10. The van der Waals surface area contributed by atoms with Gasteiger partial charge in [0.2, 0.25) is 5.91 Å². The molecule has 6 heteroatoms. The van der Waals surface area contributed by atoms with Gasteiger partial charge in [-0.2, -0.15) is 0 Å². The maximum Gasteiger partial charge on any atom is 0.338 e. The SMILES string of the molecule is CCOC(=O)c1ccc(O)c(NC(=O)CCl)c1. The molecule has 0 radical (unpaired) electrons. The van der Waals surface area contributed by atoms with Gasteiger partial charge in [0.05, 0.1) is 17.9 Å². The van der Waals surface area contributed by atoms with E-state index in [1.807, 2.05) is 0 Å². The molecule has 0 atom stereocenters. The van der Waals surface area contributed by atoms with E-state index >= 15 is 0 Å². The fourth-order valence-electron chi connectivity index (χ4n) is 1.16. The second-order valence-corrected chi connectivity index (χ2v) is 3.40. The molecule has 92 valence electrons. The summed E-state index contributed by atoms with van der Waals surface area (Å²) in [5.41, 5.74) is 0.371. The van der Waals surface area contributed by atoms with E-state index in [4.69, 9.17) is 16.3 Å². The zero-order valence-corrected chi connectivity index (χ0v) is 9.95. The van der Waals surface area contributed by atoms with Gasteiger partial charge < -0.3 is 15.2 Å². The standard InChI is InChI=1S/C11H12ClNO4/c1-2-17-11(16)7-3-4-9(14)8(5-7)13-10(15)6-12/h3-5,14H,2,6H2,1H3,(H,13,15). The van der Waals surface area contributed by atoms with Gasteiger partial charge in [0, 0.05) is 0 Å². The number of ether oxygens (including phenoxy) is 1. The number of alkyl halides is 1. The first-order chi connectivity index (χ1) is 8.08. The topological polar surface area (TPSA) is 75.6 Å². The number of benzene rings is 1. The minimum Gasteiger partial charge on any atom is -0.506 e. The van der Waals surface area contributed by atoms with Crippen LogP contribution < -0.4 is 5.32 Å². The van der Waals surface area contributed by atoms with Gasteiger partial charge >= 0.3 is 5.97 Å². The van der Waals surface area contributed by atoms with E-state index in [1.54, 1.807) is 6.92 Å². The van der Waals surface area contributed by atoms with Crippen molar-refractivity contribution in [2.75, 3.05) is 17.8 Å². The van der Waals surface area contributed by atoms with Crippen LogP contribution in [0.1, 0.15) is 17.3 Å². The summed E-state index contributed by atoms with van der Waals surface area (Å²) in [6.45, 7) is 1.94. The van der Waals surface area contributed by atoms with Crippen LogP contribution in [0.3, 0.4) is 0 Å². The van der Waals surface area contributed by atoms with Crippen LogP contribution in [0, 0.1) is 0 Å². The predicted molar refractivity (Wildman–Crippen MR) is 63.4 cm³/mol. The van der Waals surface area contributed by atoms with Crippen LogP contribution in [-0.2, 0) is 9.53 Å². The molecule has 1 aromatic carbocycles. The molecule has 0 heterocycles. The molecule has 0 aliphatic carbocycles. The van der Waals surface area contributed by atoms with Crippen LogP contribution in [0.5, 0.6) is 5.75 Å². The number of aromatic hydroxyl groups is 1. The van der Waals surface area contributed by atoms with Crippen molar-refractivity contribution in [1.82, 2.24) is 0 Å². The highest BCUT2D eigenvalue weighted by Crippen LogP contribution is 2.24. The highest BCUT2D eigenvalue weighted by Gasteiger charge is 2.11. The molecule has 0 bridgehead atoms. The van der Waals surface area contributed by atoms with E-state index < -0.39 is 11.9 Å². The van der Waals surface area contributed by atoms with Crippen molar-refractivity contribution in [2.45, 2.75) is 6.92 Å². The highest BCUT2D eigenvalue weighted by molar-refractivity contribution is 6.29. The third-order valence-corrected chi connectivity index (χ3v) is 2.15. The van der Waals surface area contributed by atoms with Crippen LogP contribution in [0.25, 0.3) is 0 Å². The maximum absolute atomic E-state index is 11.4. The Morgan fingerprint density at radius 1 is 1.47 bits per heavy atom. The average Bonchev–Trinajstić information content (AvgIpc) is 2.32. The largest absolute Gasteiger partial charge is 0.506 e. The smallest absolute Gasteiger partial charge is 0.338 e. The van der Waals surface area contributed by atoms with Gasteiger partial charge in [0.15, 0.2) is 0 Å². The van der Waals surface area contributed by atoms with Gasteiger partial charge in [-0.1, -0.05) is 0 Å². The Kier molecular flexibility index (Phi) is 4.78. The molecule has 1 amide bonds. The molecule has 2 N–H and O–H groups in total. The first-order valence-electron chi connectivity index (χ1n) is 4.94. The fourth-order valence-corrected chi connectivity index (χ4v) is 1.23. The monoisotopic (exact) mass is 257 g/mol. The van der Waals surface area contributed by atoms with Crippen molar-refractivity contribution < 1.29 is 19.4 Å². The summed E-state index contributed by atoms with van der Waals surface area (Å²) < 4.78 is 4.79. The van der Waals surface area contributed by atoms with Crippen molar-refractivity contribution in [3.63, 3.8) is 0 Å². The van der Waals surface area contributed by atoms with Crippen molar-refractivity contribution in [2.24, 2.45) is 0 Å². The van der Waals surface area contributed by atoms with E-state index in [0.717, 1.165) is 0 Å². The van der Waals surface area contributed by atoms with Crippen LogP contribution in [0.2, 0.25) is 0 Å². The molecule has 0 spiro atoms. The molecular formula is C11H12ClNO4. The summed E-state index contributed by atoms with van der Waals surface area (Å²) in [6.07, 6.45) is 0. The van der Waals surface area contributed by atoms with E-state index in [0.29, 0.717) is 0 Å². The number of rotatable bonds is 4. The quantitative estimate of drug-likeness (QED) is 0.489. The molecular weight excluding hydrogens is 246 g/mol. The molecule has 0 aliphatic heterocycles. The van der Waals surface area contributed by atoms with Crippen LogP contribution in [-0.4, -0.2) is 29.5 Å².